The van der Waals surface area contributed by atoms with Gasteiger partial charge in [0, 0.05) is 7.47 Å². The maximum absolute atomic E-state index is 13.0. The molecule has 1 saturated carbocycles. The summed E-state index contributed by atoms with van der Waals surface area (Å²) in [4.78, 5) is 0. The van der Waals surface area contributed by atoms with Gasteiger partial charge in [-0.05, 0) is 31.7 Å². The van der Waals surface area contributed by atoms with Crippen LogP contribution in [0.3, 0.4) is 0 Å². The van der Waals surface area contributed by atoms with E-state index in [1.54, 1.807) is 0 Å². The molecule has 1 rings (SSSR count). The van der Waals surface area contributed by atoms with Crippen molar-refractivity contribution in [3.63, 3.8) is 0 Å². The third kappa shape index (κ3) is 2.78. The molecule has 2 atom stereocenters. The summed E-state index contributed by atoms with van der Waals surface area (Å²) in [5.41, 5.74) is 0. The number of rotatable bonds is 3. The fourth-order valence-corrected chi connectivity index (χ4v) is 1.53. The minimum absolute atomic E-state index is 0. The summed E-state index contributed by atoms with van der Waals surface area (Å²) in [6, 6.07) is 0.150. The molecule has 0 heterocycles. The van der Waals surface area contributed by atoms with Gasteiger partial charge in [-0.25, -0.2) is 4.39 Å². The van der Waals surface area contributed by atoms with Crippen LogP contribution in [0.4, 0.5) is 4.39 Å². The zero-order chi connectivity index (χ0) is 8.27. The van der Waals surface area contributed by atoms with Gasteiger partial charge in [0.15, 0.2) is 0 Å². The summed E-state index contributed by atoms with van der Waals surface area (Å²) in [6.07, 6.45) is 2.24. The molecule has 1 aliphatic carbocycles. The van der Waals surface area contributed by atoms with Crippen molar-refractivity contribution in [2.75, 3.05) is 6.54 Å². The Morgan fingerprint density at radius 3 is 2.73 bits per heavy atom. The first-order valence-corrected chi connectivity index (χ1v) is 4.57. The lowest BCUT2D eigenvalue weighted by Crippen LogP contribution is -2.35. The van der Waals surface area contributed by atoms with Crippen LogP contribution in [0.25, 0.3) is 0 Å². The summed E-state index contributed by atoms with van der Waals surface area (Å²) in [6.45, 7) is 5.25. The third-order valence-electron chi connectivity index (χ3n) is 2.22. The van der Waals surface area contributed by atoms with Crippen molar-refractivity contribution in [2.24, 2.45) is 5.92 Å². The van der Waals surface area contributed by atoms with Gasteiger partial charge in [0.25, 0.3) is 0 Å². The van der Waals surface area contributed by atoms with Crippen LogP contribution in [-0.2, 0) is 0 Å². The first kappa shape index (κ1) is 8.98. The van der Waals surface area contributed by atoms with Gasteiger partial charge in [-0.15, -0.1) is 0 Å². The number of hydrogen-bond acceptors (Lipinski definition) is 1. The molecule has 0 unspecified atom stereocenters. The monoisotopic (exact) mass is 161 g/mol. The highest BCUT2D eigenvalue weighted by atomic mass is 19.1. The van der Waals surface area contributed by atoms with E-state index < -0.39 is 6.17 Å². The van der Waals surface area contributed by atoms with Crippen molar-refractivity contribution < 1.29 is 5.82 Å². The zero-order valence-electron chi connectivity index (χ0n) is 7.44. The van der Waals surface area contributed by atoms with Gasteiger partial charge in [0.05, 0.1) is 0 Å². The van der Waals surface area contributed by atoms with Crippen molar-refractivity contribution in [1.82, 2.24) is 5.32 Å². The second-order valence-corrected chi connectivity index (χ2v) is 3.86. The number of nitrogens with one attached hydrogen (secondary N) is 1. The maximum Gasteiger partial charge on any atom is 0.115 e. The van der Waals surface area contributed by atoms with E-state index in [-0.39, 0.29) is 7.47 Å². The van der Waals surface area contributed by atoms with Crippen LogP contribution in [-0.4, -0.2) is 18.8 Å². The molecule has 0 spiro atoms. The van der Waals surface area contributed by atoms with E-state index in [1.807, 2.05) is 0 Å². The average molecular weight is 161 g/mol. The first-order chi connectivity index (χ1) is 5.20. The number of alkyl halides is 1. The van der Waals surface area contributed by atoms with Crippen LogP contribution in [0, 0.1) is 5.92 Å². The molecule has 1 fully saturated rings. The predicted octanol–water partition coefficient (Wildman–Crippen LogP) is 2.37. The van der Waals surface area contributed by atoms with Gasteiger partial charge in [-0.1, -0.05) is 13.8 Å². The number of hydrogen-bond donors (Lipinski definition) is 1. The minimum atomic E-state index is -0.589. The third-order valence-corrected chi connectivity index (χ3v) is 2.22. The second-order valence-electron chi connectivity index (χ2n) is 3.86. The van der Waals surface area contributed by atoms with E-state index in [4.69, 9.17) is 0 Å². The highest BCUT2D eigenvalue weighted by Gasteiger charge is 2.25. The molecular weight excluding hydrogens is 141 g/mol. The van der Waals surface area contributed by atoms with E-state index in [0.29, 0.717) is 5.92 Å². The Bertz CT molecular complexity index is 119. The second kappa shape index (κ2) is 4.05. The summed E-state index contributed by atoms with van der Waals surface area (Å²) in [5.74, 6) is 0.628. The Kier molecular flexibility index (Phi) is 3.31. The van der Waals surface area contributed by atoms with Crippen molar-refractivity contribution in [1.29, 1.82) is 0 Å². The van der Waals surface area contributed by atoms with Crippen molar-refractivity contribution in [3.05, 3.63) is 0 Å². The van der Waals surface area contributed by atoms with Crippen LogP contribution in [0.1, 0.15) is 34.5 Å². The van der Waals surface area contributed by atoms with E-state index in [0.717, 1.165) is 25.8 Å². The summed E-state index contributed by atoms with van der Waals surface area (Å²) < 4.78 is 13.0. The van der Waals surface area contributed by atoms with E-state index >= 15 is 0 Å². The van der Waals surface area contributed by atoms with Gasteiger partial charge in [0.1, 0.15) is 6.17 Å². The molecule has 68 valence electrons. The fraction of sp³-hybridized carbons (Fsp3) is 1.00. The lowest BCUT2D eigenvalue weighted by molar-refractivity contribution is 0.274. The maximum atomic E-state index is 13.0. The molecule has 1 nitrogen and oxygen atoms in total. The molecule has 0 saturated heterocycles. The fourth-order valence-electron chi connectivity index (χ4n) is 1.53. The van der Waals surface area contributed by atoms with Gasteiger partial charge in [-0.2, -0.15) is 0 Å². The summed E-state index contributed by atoms with van der Waals surface area (Å²) in [7, 11) is 0. The largest absolute Gasteiger partial charge is 0.311 e. The van der Waals surface area contributed by atoms with Crippen LogP contribution < -0.4 is 5.32 Å². The summed E-state index contributed by atoms with van der Waals surface area (Å²) >= 11 is 0. The van der Waals surface area contributed by atoms with Crippen LogP contribution >= 0.6 is 0 Å². The van der Waals surface area contributed by atoms with E-state index in [2.05, 4.69) is 19.2 Å². The number of halogens is 1. The van der Waals surface area contributed by atoms with Crippen LogP contribution in [0.5, 0.6) is 0 Å². The smallest absolute Gasteiger partial charge is 0.115 e. The Morgan fingerprint density at radius 1 is 1.55 bits per heavy atom. The lowest BCUT2D eigenvalue weighted by atomic mass is 10.2. The molecule has 2 heteroatoms. The molecule has 0 amide bonds. The molecular formula is C9H20FN. The molecule has 0 radical (unpaired) electrons. The van der Waals surface area contributed by atoms with E-state index in [9.17, 15) is 4.39 Å². The van der Waals surface area contributed by atoms with Crippen molar-refractivity contribution in [3.8, 4) is 0 Å². The van der Waals surface area contributed by atoms with Crippen LogP contribution in [0.2, 0.25) is 0 Å². The van der Waals surface area contributed by atoms with Crippen molar-refractivity contribution >= 4 is 0 Å². The Morgan fingerprint density at radius 2 is 2.27 bits per heavy atom. The lowest BCUT2D eigenvalue weighted by Gasteiger charge is -2.16. The molecule has 0 aromatic heterocycles. The standard InChI is InChI=1S/C9H18FN.H2/c1-7(2)6-11-9-5-3-4-8(9)10;/h7-9,11H,3-6H2,1-2H3;1H/t8-,9+;/m0./s1. The molecule has 1 N–H and O–H groups in total. The molecule has 0 aliphatic heterocycles. The topological polar surface area (TPSA) is 12.0 Å². The van der Waals surface area contributed by atoms with Gasteiger partial charge >= 0.3 is 0 Å². The van der Waals surface area contributed by atoms with Gasteiger partial charge < -0.3 is 5.32 Å². The molecule has 0 bridgehead atoms. The van der Waals surface area contributed by atoms with Gasteiger partial charge in [0.2, 0.25) is 0 Å². The zero-order valence-corrected chi connectivity index (χ0v) is 7.44. The SMILES string of the molecule is CC(C)CN[C@@H]1CCC[C@@H]1F.[HH]. The first-order valence-electron chi connectivity index (χ1n) is 4.57. The Labute approximate surface area is 69.9 Å². The minimum Gasteiger partial charge on any atom is -0.311 e. The average Bonchev–Trinajstić information content (AvgIpc) is 2.31. The Hall–Kier alpha value is -0.110. The molecule has 1 aliphatic rings. The quantitative estimate of drug-likeness (QED) is 0.670. The predicted molar refractivity (Wildman–Crippen MR) is 47.5 cm³/mol. The van der Waals surface area contributed by atoms with Gasteiger partial charge in [-0.3, -0.25) is 0 Å². The van der Waals surface area contributed by atoms with E-state index in [1.165, 1.54) is 0 Å². The summed E-state index contributed by atoms with van der Waals surface area (Å²) in [5, 5.41) is 3.26. The highest BCUT2D eigenvalue weighted by Crippen LogP contribution is 2.21. The molecule has 0 aromatic carbocycles. The Balaban J connectivity index is 0.00000121. The highest BCUT2D eigenvalue weighted by molar-refractivity contribution is 4.82. The molecule has 0 aromatic rings. The van der Waals surface area contributed by atoms with Crippen LogP contribution in [0.15, 0.2) is 0 Å². The molecule has 11 heavy (non-hydrogen) atoms. The van der Waals surface area contributed by atoms with Crippen molar-refractivity contribution in [2.45, 2.75) is 45.3 Å². The normalized spacial score (nSPS) is 31.6.